The summed E-state index contributed by atoms with van der Waals surface area (Å²) < 4.78 is 14.9. The van der Waals surface area contributed by atoms with Crippen molar-refractivity contribution in [3.63, 3.8) is 0 Å². The summed E-state index contributed by atoms with van der Waals surface area (Å²) >= 11 is 1.54. The van der Waals surface area contributed by atoms with Crippen LogP contribution < -0.4 is 14.4 Å². The molecule has 0 spiro atoms. The fourth-order valence-corrected chi connectivity index (χ4v) is 5.09. The number of para-hydroxylation sites is 2. The minimum absolute atomic E-state index is 0. The van der Waals surface area contributed by atoms with Gasteiger partial charge in [-0.05, 0) is 49.6 Å². The van der Waals surface area contributed by atoms with Gasteiger partial charge in [-0.2, -0.15) is 0 Å². The molecular weight excluding hydrogens is 460 g/mol. The van der Waals surface area contributed by atoms with Crippen LogP contribution in [0.1, 0.15) is 17.5 Å². The lowest BCUT2D eigenvalue weighted by Gasteiger charge is -2.29. The predicted octanol–water partition coefficient (Wildman–Crippen LogP) is 4.79. The van der Waals surface area contributed by atoms with E-state index in [1.54, 1.807) is 17.4 Å². The van der Waals surface area contributed by atoms with Crippen molar-refractivity contribution in [1.29, 1.82) is 0 Å². The van der Waals surface area contributed by atoms with E-state index in [4.69, 9.17) is 14.5 Å². The molecular formula is C24H25ClN4O3S. The van der Waals surface area contributed by atoms with E-state index in [2.05, 4.69) is 31.0 Å². The zero-order valence-corrected chi connectivity index (χ0v) is 20.1. The van der Waals surface area contributed by atoms with Gasteiger partial charge >= 0.3 is 0 Å². The number of thiazole rings is 1. The van der Waals surface area contributed by atoms with Gasteiger partial charge in [-0.25, -0.2) is 9.97 Å². The van der Waals surface area contributed by atoms with Gasteiger partial charge in [-0.1, -0.05) is 29.5 Å². The number of aryl methyl sites for hydroxylation is 3. The summed E-state index contributed by atoms with van der Waals surface area (Å²) in [6.07, 6.45) is 5.51. The number of carbonyl (C=O) groups is 1. The molecule has 1 atom stereocenters. The number of imidazole rings is 1. The van der Waals surface area contributed by atoms with E-state index < -0.39 is 6.10 Å². The van der Waals surface area contributed by atoms with Crippen molar-refractivity contribution in [2.45, 2.75) is 32.9 Å². The second-order valence-corrected chi connectivity index (χ2v) is 8.94. The zero-order chi connectivity index (χ0) is 22.1. The molecule has 0 N–H and O–H groups in total. The smallest absolute Gasteiger partial charge is 0.273 e. The largest absolute Gasteiger partial charge is 0.485 e. The van der Waals surface area contributed by atoms with Crippen LogP contribution in [0.3, 0.4) is 0 Å². The zero-order valence-electron chi connectivity index (χ0n) is 18.4. The number of ether oxygens (including phenoxy) is 2. The monoisotopic (exact) mass is 484 g/mol. The molecule has 4 aromatic rings. The third kappa shape index (κ3) is 4.82. The molecule has 1 aliphatic heterocycles. The first-order chi connectivity index (χ1) is 15.6. The molecule has 7 nitrogen and oxygen atoms in total. The maximum Gasteiger partial charge on any atom is 0.273 e. The number of rotatable bonds is 6. The van der Waals surface area contributed by atoms with Crippen molar-refractivity contribution in [2.24, 2.45) is 0 Å². The van der Waals surface area contributed by atoms with Crippen LogP contribution in [-0.4, -0.2) is 39.7 Å². The summed E-state index contributed by atoms with van der Waals surface area (Å²) in [6.45, 7) is 5.59. The van der Waals surface area contributed by atoms with Crippen molar-refractivity contribution in [3.05, 3.63) is 66.2 Å². The molecule has 0 saturated carbocycles. The van der Waals surface area contributed by atoms with Gasteiger partial charge < -0.3 is 14.0 Å². The lowest BCUT2D eigenvalue weighted by Crippen LogP contribution is -2.47. The Morgan fingerprint density at radius 3 is 2.85 bits per heavy atom. The molecule has 0 bridgehead atoms. The highest BCUT2D eigenvalue weighted by atomic mass is 35.5. The molecule has 1 aliphatic rings. The normalized spacial score (nSPS) is 14.7. The standard InChI is InChI=1S/C24H24N4O3S.ClH/c1-16-12-17(2)22-21(13-16)32-24(26-22)28(10-5-9-27-11-8-25-15-27)23(29)20-14-30-18-6-3-4-7-19(18)31-20;/h3-4,6-8,11-13,15,20H,5,9-10,14H2,1-2H3;1H. The summed E-state index contributed by atoms with van der Waals surface area (Å²) in [5, 5.41) is 0.687. The Morgan fingerprint density at radius 2 is 2.06 bits per heavy atom. The lowest BCUT2D eigenvalue weighted by atomic mass is 10.1. The van der Waals surface area contributed by atoms with Crippen LogP contribution in [0, 0.1) is 13.8 Å². The Morgan fingerprint density at radius 1 is 1.24 bits per heavy atom. The summed E-state index contributed by atoms with van der Waals surface area (Å²) in [4.78, 5) is 24.3. The summed E-state index contributed by atoms with van der Waals surface area (Å²) in [7, 11) is 0. The van der Waals surface area contributed by atoms with E-state index in [9.17, 15) is 4.79 Å². The first-order valence-corrected chi connectivity index (χ1v) is 11.4. The third-order valence-corrected chi connectivity index (χ3v) is 6.48. The summed E-state index contributed by atoms with van der Waals surface area (Å²) in [6, 6.07) is 11.7. The second-order valence-electron chi connectivity index (χ2n) is 7.93. The fraction of sp³-hybridized carbons (Fsp3) is 0.292. The van der Waals surface area contributed by atoms with Gasteiger partial charge in [0.05, 0.1) is 16.5 Å². The number of halogens is 1. The molecule has 2 aromatic heterocycles. The number of anilines is 1. The van der Waals surface area contributed by atoms with Crippen LogP contribution in [0.4, 0.5) is 5.13 Å². The van der Waals surface area contributed by atoms with Crippen LogP contribution in [0.15, 0.2) is 55.1 Å². The Hall–Kier alpha value is -3.10. The first kappa shape index (κ1) is 23.1. The summed E-state index contributed by atoms with van der Waals surface area (Å²) in [5.74, 6) is 1.11. The number of aromatic nitrogens is 3. The Labute approximate surface area is 202 Å². The average molecular weight is 485 g/mol. The molecule has 2 aromatic carbocycles. The first-order valence-electron chi connectivity index (χ1n) is 10.6. The minimum atomic E-state index is -0.715. The van der Waals surface area contributed by atoms with Gasteiger partial charge in [-0.15, -0.1) is 12.4 Å². The van der Waals surface area contributed by atoms with Crippen LogP contribution in [-0.2, 0) is 11.3 Å². The van der Waals surface area contributed by atoms with E-state index in [1.165, 1.54) is 16.9 Å². The van der Waals surface area contributed by atoms with E-state index in [-0.39, 0.29) is 24.9 Å². The number of nitrogens with zero attached hydrogens (tertiary/aromatic N) is 4. The Kier molecular flexibility index (Phi) is 6.85. The molecule has 0 fully saturated rings. The number of fused-ring (bicyclic) bond motifs is 2. The Bertz CT molecular complexity index is 1260. The minimum Gasteiger partial charge on any atom is -0.485 e. The molecule has 9 heteroatoms. The number of hydrogen-bond donors (Lipinski definition) is 0. The van der Waals surface area contributed by atoms with Gasteiger partial charge in [0, 0.05) is 25.5 Å². The van der Waals surface area contributed by atoms with Crippen LogP contribution in [0.5, 0.6) is 11.5 Å². The molecule has 172 valence electrons. The maximum atomic E-state index is 13.6. The number of benzene rings is 2. The van der Waals surface area contributed by atoms with Crippen molar-refractivity contribution >= 4 is 45.0 Å². The van der Waals surface area contributed by atoms with Crippen LogP contribution >= 0.6 is 23.7 Å². The molecule has 5 rings (SSSR count). The van der Waals surface area contributed by atoms with Crippen molar-refractivity contribution in [3.8, 4) is 11.5 Å². The highest BCUT2D eigenvalue weighted by Crippen LogP contribution is 2.34. The molecule has 0 radical (unpaired) electrons. The molecule has 33 heavy (non-hydrogen) atoms. The number of carbonyl (C=O) groups excluding carboxylic acids is 1. The predicted molar refractivity (Wildman–Crippen MR) is 132 cm³/mol. The summed E-state index contributed by atoms with van der Waals surface area (Å²) in [5.41, 5.74) is 3.23. The Balaban J connectivity index is 0.00000259. The molecule has 0 saturated heterocycles. The topological polar surface area (TPSA) is 69.5 Å². The van der Waals surface area contributed by atoms with Crippen LogP contribution in [0.25, 0.3) is 10.2 Å². The van der Waals surface area contributed by atoms with Crippen molar-refractivity contribution < 1.29 is 14.3 Å². The quantitative estimate of drug-likeness (QED) is 0.393. The van der Waals surface area contributed by atoms with Crippen molar-refractivity contribution in [2.75, 3.05) is 18.1 Å². The number of amides is 1. The maximum absolute atomic E-state index is 13.6. The van der Waals surface area contributed by atoms with Crippen molar-refractivity contribution in [1.82, 2.24) is 14.5 Å². The third-order valence-electron chi connectivity index (χ3n) is 5.46. The fourth-order valence-electron chi connectivity index (χ4n) is 3.92. The molecule has 3 heterocycles. The van der Waals surface area contributed by atoms with E-state index in [1.807, 2.05) is 35.0 Å². The molecule has 0 aliphatic carbocycles. The van der Waals surface area contributed by atoms with Crippen LogP contribution in [0.2, 0.25) is 0 Å². The highest BCUT2D eigenvalue weighted by Gasteiger charge is 2.33. The number of hydrogen-bond acceptors (Lipinski definition) is 6. The average Bonchev–Trinajstić information content (AvgIpc) is 3.46. The molecule has 1 unspecified atom stereocenters. The van der Waals surface area contributed by atoms with E-state index in [0.29, 0.717) is 23.2 Å². The van der Waals surface area contributed by atoms with Gasteiger partial charge in [0.25, 0.3) is 5.91 Å². The van der Waals surface area contributed by atoms with Gasteiger partial charge in [0.2, 0.25) is 6.10 Å². The lowest BCUT2D eigenvalue weighted by molar-refractivity contribution is -0.127. The van der Waals surface area contributed by atoms with E-state index >= 15 is 0 Å². The van der Waals surface area contributed by atoms with Gasteiger partial charge in [0.1, 0.15) is 6.61 Å². The second kappa shape index (κ2) is 9.80. The van der Waals surface area contributed by atoms with E-state index in [0.717, 1.165) is 28.7 Å². The van der Waals surface area contributed by atoms with Gasteiger partial charge in [-0.3, -0.25) is 9.69 Å². The molecule has 1 amide bonds. The highest BCUT2D eigenvalue weighted by molar-refractivity contribution is 7.22. The SMILES string of the molecule is Cc1cc(C)c2nc(N(CCCn3ccnc3)C(=O)C3COc4ccccc4O3)sc2c1.Cl. The van der Waals surface area contributed by atoms with Gasteiger partial charge in [0.15, 0.2) is 16.6 Å².